The molecule has 1 heteroatoms. The van der Waals surface area contributed by atoms with Gasteiger partial charge in [-0.3, -0.25) is 0 Å². The maximum Gasteiger partial charge on any atom is 0.0543 e. The largest absolute Gasteiger partial charge is 0.309 e. The summed E-state index contributed by atoms with van der Waals surface area (Å²) in [4.78, 5) is 2.50. The van der Waals surface area contributed by atoms with Crippen LogP contribution in [-0.2, 0) is 5.41 Å². The van der Waals surface area contributed by atoms with Crippen molar-refractivity contribution >= 4 is 38.6 Å². The molecule has 0 spiro atoms. The van der Waals surface area contributed by atoms with Crippen molar-refractivity contribution < 1.29 is 0 Å². The lowest BCUT2D eigenvalue weighted by Gasteiger charge is -2.30. The van der Waals surface area contributed by atoms with Gasteiger partial charge in [-0.05, 0) is 102 Å². The Morgan fingerprint density at radius 2 is 0.852 bits per heavy atom. The summed E-state index contributed by atoms with van der Waals surface area (Å²) in [5, 5.41) is 5.11. The Kier molecular flexibility index (Phi) is 6.66. The van der Waals surface area contributed by atoms with Gasteiger partial charge in [0.2, 0.25) is 0 Å². The van der Waals surface area contributed by atoms with Gasteiger partial charge >= 0.3 is 0 Å². The Hall–Kier alpha value is -6.70. The average Bonchev–Trinajstić information content (AvgIpc) is 3.68. The number of anilines is 3. The van der Waals surface area contributed by atoms with Crippen LogP contribution in [0.2, 0.25) is 0 Å². The van der Waals surface area contributed by atoms with Gasteiger partial charge in [0.1, 0.15) is 0 Å². The Morgan fingerprint density at radius 3 is 1.65 bits per heavy atom. The predicted molar refractivity (Wildman–Crippen MR) is 229 cm³/mol. The van der Waals surface area contributed by atoms with Gasteiger partial charge in [-0.15, -0.1) is 0 Å². The van der Waals surface area contributed by atoms with Crippen molar-refractivity contribution in [1.29, 1.82) is 0 Å². The second-order valence-corrected chi connectivity index (χ2v) is 15.2. The molecule has 0 N–H and O–H groups in total. The van der Waals surface area contributed by atoms with E-state index in [2.05, 4.69) is 207 Å². The normalized spacial score (nSPS) is 13.1. The first-order valence-corrected chi connectivity index (χ1v) is 18.9. The van der Waals surface area contributed by atoms with Crippen LogP contribution in [0.1, 0.15) is 25.0 Å². The molecule has 9 aromatic carbocycles. The van der Waals surface area contributed by atoms with E-state index >= 15 is 0 Å². The summed E-state index contributed by atoms with van der Waals surface area (Å²) in [5.74, 6) is 0. The summed E-state index contributed by atoms with van der Waals surface area (Å²) in [6.45, 7) is 4.72. The quantitative estimate of drug-likeness (QED) is 0.174. The van der Waals surface area contributed by atoms with Crippen LogP contribution in [0, 0.1) is 0 Å². The molecule has 0 amide bonds. The van der Waals surface area contributed by atoms with E-state index in [1.165, 1.54) is 94.0 Å². The van der Waals surface area contributed by atoms with Crippen molar-refractivity contribution in [2.24, 2.45) is 0 Å². The topological polar surface area (TPSA) is 3.24 Å². The van der Waals surface area contributed by atoms with Crippen molar-refractivity contribution in [1.82, 2.24) is 0 Å². The highest BCUT2D eigenvalue weighted by molar-refractivity contribution is 6.20. The second kappa shape index (κ2) is 11.7. The molecule has 0 aromatic heterocycles. The fourth-order valence-corrected chi connectivity index (χ4v) is 9.53. The number of hydrogen-bond donors (Lipinski definition) is 0. The van der Waals surface area contributed by atoms with Crippen LogP contribution in [0.4, 0.5) is 17.1 Å². The number of nitrogens with zero attached hydrogens (tertiary/aromatic N) is 1. The first-order valence-electron chi connectivity index (χ1n) is 18.9. The molecule has 0 saturated heterocycles. The van der Waals surface area contributed by atoms with Crippen LogP contribution in [-0.4, -0.2) is 0 Å². The molecule has 54 heavy (non-hydrogen) atoms. The second-order valence-electron chi connectivity index (χ2n) is 15.2. The maximum atomic E-state index is 2.50. The Bertz CT molecular complexity index is 2920. The van der Waals surface area contributed by atoms with Crippen LogP contribution >= 0.6 is 0 Å². The third kappa shape index (κ3) is 4.39. The molecule has 254 valence electrons. The van der Waals surface area contributed by atoms with E-state index in [9.17, 15) is 0 Å². The molecule has 0 unspecified atom stereocenters. The van der Waals surface area contributed by atoms with E-state index in [4.69, 9.17) is 0 Å². The van der Waals surface area contributed by atoms with Crippen molar-refractivity contribution in [2.75, 3.05) is 4.90 Å². The van der Waals surface area contributed by atoms with Gasteiger partial charge in [0.15, 0.2) is 0 Å². The van der Waals surface area contributed by atoms with E-state index in [0.29, 0.717) is 0 Å². The maximum absolute atomic E-state index is 2.50. The highest BCUT2D eigenvalue weighted by Crippen LogP contribution is 2.55. The average molecular weight is 688 g/mol. The van der Waals surface area contributed by atoms with E-state index < -0.39 is 0 Å². The van der Waals surface area contributed by atoms with E-state index in [0.717, 1.165) is 11.4 Å². The van der Waals surface area contributed by atoms with Gasteiger partial charge in [-0.2, -0.15) is 0 Å². The minimum absolute atomic E-state index is 0.105. The Morgan fingerprint density at radius 1 is 0.333 bits per heavy atom. The summed E-state index contributed by atoms with van der Waals surface area (Å²) < 4.78 is 0. The molecule has 0 aliphatic heterocycles. The molecule has 0 saturated carbocycles. The van der Waals surface area contributed by atoms with Gasteiger partial charge in [-0.25, -0.2) is 0 Å². The highest BCUT2D eigenvalue weighted by Gasteiger charge is 2.38. The summed E-state index contributed by atoms with van der Waals surface area (Å²) in [6.07, 6.45) is 0. The fraction of sp³-hybridized carbons (Fsp3) is 0.0566. The number of benzene rings is 9. The molecule has 0 bridgehead atoms. The SMILES string of the molecule is CC1(C)c2ccccc2-c2c(N(c3ccc(-c4ccccc4)cc3)c3cccc4c(-c5ccc6c7c(cccc57)-c5ccccc5-6)cccc34)cccc21. The lowest BCUT2D eigenvalue weighted by molar-refractivity contribution is 0.660. The van der Waals surface area contributed by atoms with Crippen molar-refractivity contribution in [3.63, 3.8) is 0 Å². The molecule has 0 radical (unpaired) electrons. The zero-order chi connectivity index (χ0) is 36.0. The first kappa shape index (κ1) is 30.9. The summed E-state index contributed by atoms with van der Waals surface area (Å²) >= 11 is 0. The molecule has 0 atom stereocenters. The van der Waals surface area contributed by atoms with Gasteiger partial charge in [-0.1, -0.05) is 178 Å². The lowest BCUT2D eigenvalue weighted by atomic mass is 9.82. The van der Waals surface area contributed by atoms with Crippen LogP contribution < -0.4 is 4.90 Å². The number of fused-ring (bicyclic) bond motifs is 7. The molecule has 0 fully saturated rings. The fourth-order valence-electron chi connectivity index (χ4n) is 9.53. The first-order chi connectivity index (χ1) is 26.6. The minimum Gasteiger partial charge on any atom is -0.309 e. The Labute approximate surface area is 316 Å². The smallest absolute Gasteiger partial charge is 0.0543 e. The molecule has 2 aliphatic carbocycles. The van der Waals surface area contributed by atoms with E-state index in [1.807, 2.05) is 0 Å². The van der Waals surface area contributed by atoms with Crippen molar-refractivity contribution in [2.45, 2.75) is 19.3 Å². The van der Waals surface area contributed by atoms with Gasteiger partial charge in [0.25, 0.3) is 0 Å². The molecular weight excluding hydrogens is 651 g/mol. The van der Waals surface area contributed by atoms with Crippen LogP contribution in [0.3, 0.4) is 0 Å². The summed E-state index contributed by atoms with van der Waals surface area (Å²) in [5.41, 5.74) is 19.0. The van der Waals surface area contributed by atoms with Crippen molar-refractivity contribution in [3.05, 3.63) is 199 Å². The zero-order valence-corrected chi connectivity index (χ0v) is 30.3. The van der Waals surface area contributed by atoms with Crippen molar-refractivity contribution in [3.8, 4) is 55.6 Å². The third-order valence-electron chi connectivity index (χ3n) is 12.0. The monoisotopic (exact) mass is 687 g/mol. The Balaban J connectivity index is 1.15. The molecule has 1 nitrogen and oxygen atoms in total. The summed E-state index contributed by atoms with van der Waals surface area (Å²) in [7, 11) is 0. The number of hydrogen-bond acceptors (Lipinski definition) is 1. The highest BCUT2D eigenvalue weighted by atomic mass is 15.1. The van der Waals surface area contributed by atoms with Crippen LogP contribution in [0.15, 0.2) is 188 Å². The molecular formula is C53H37N. The lowest BCUT2D eigenvalue weighted by Crippen LogP contribution is -2.16. The van der Waals surface area contributed by atoms with Gasteiger partial charge < -0.3 is 4.90 Å². The molecule has 11 rings (SSSR count). The van der Waals surface area contributed by atoms with Crippen LogP contribution in [0.25, 0.3) is 77.2 Å². The molecule has 2 aliphatic rings. The van der Waals surface area contributed by atoms with Crippen LogP contribution in [0.5, 0.6) is 0 Å². The summed E-state index contributed by atoms with van der Waals surface area (Å²) in [6, 6.07) is 69.6. The van der Waals surface area contributed by atoms with Gasteiger partial charge in [0.05, 0.1) is 11.4 Å². The third-order valence-corrected chi connectivity index (χ3v) is 12.0. The minimum atomic E-state index is -0.105. The molecule has 0 heterocycles. The molecule has 9 aromatic rings. The zero-order valence-electron chi connectivity index (χ0n) is 30.3. The van der Waals surface area contributed by atoms with E-state index in [1.54, 1.807) is 0 Å². The number of rotatable bonds is 5. The standard InChI is InChI=1S/C53H37N/c1-53(2)47-24-9-8-18-46(47)52-48(53)25-13-27-50(52)54(36-30-28-35(29-31-36)34-14-4-3-5-15-34)49-26-12-20-38-37(19-10-21-42(38)49)41-32-33-45-40-17-7-6-16-39(40)43-22-11-23-44(41)51(43)45/h3-33H,1-2H3. The van der Waals surface area contributed by atoms with E-state index in [-0.39, 0.29) is 5.41 Å². The van der Waals surface area contributed by atoms with Gasteiger partial charge in [0, 0.05) is 22.1 Å². The predicted octanol–water partition coefficient (Wildman–Crippen LogP) is 14.8.